The van der Waals surface area contributed by atoms with Gasteiger partial charge in [0.15, 0.2) is 6.73 Å². The fourth-order valence-corrected chi connectivity index (χ4v) is 6.32. The lowest BCUT2D eigenvalue weighted by Gasteiger charge is -2.36. The average Bonchev–Trinajstić information content (AvgIpc) is 3.05. The summed E-state index contributed by atoms with van der Waals surface area (Å²) < 4.78 is 11.5. The molecule has 9 heteroatoms. The molecule has 0 saturated carbocycles. The third-order valence-electron chi connectivity index (χ3n) is 8.60. The van der Waals surface area contributed by atoms with Crippen molar-refractivity contribution < 1.29 is 19.1 Å². The maximum atomic E-state index is 12.7. The molecule has 0 N–H and O–H groups in total. The Morgan fingerprint density at radius 1 is 0.889 bits per heavy atom. The molecule has 2 heterocycles. The molecule has 2 aliphatic heterocycles. The summed E-state index contributed by atoms with van der Waals surface area (Å²) in [5, 5.41) is 1.22. The summed E-state index contributed by atoms with van der Waals surface area (Å²) in [6.45, 7) is 7.57. The molecule has 246 valence electrons. The van der Waals surface area contributed by atoms with Gasteiger partial charge in [-0.3, -0.25) is 14.6 Å². The second-order valence-corrected chi connectivity index (χ2v) is 12.8. The Morgan fingerprint density at radius 2 is 1.67 bits per heavy atom. The van der Waals surface area contributed by atoms with Crippen LogP contribution in [0.25, 0.3) is 0 Å². The number of piperazine rings is 1. The van der Waals surface area contributed by atoms with Gasteiger partial charge in [-0.15, -0.1) is 0 Å². The second kappa shape index (κ2) is 19.0. The third-order valence-corrected chi connectivity index (χ3v) is 9.41. The van der Waals surface area contributed by atoms with E-state index >= 15 is 0 Å². The van der Waals surface area contributed by atoms with Crippen molar-refractivity contribution in [1.82, 2.24) is 4.90 Å². The average molecular weight is 659 g/mol. The first-order valence-corrected chi connectivity index (χ1v) is 17.5. The number of allylic oxidation sites excluding steroid dienone is 1. The van der Waals surface area contributed by atoms with Gasteiger partial charge in [0.2, 0.25) is 5.91 Å². The maximum Gasteiger partial charge on any atom is 0.332 e. The molecule has 2 aromatic carbocycles. The minimum Gasteiger partial charge on any atom is -0.494 e. The van der Waals surface area contributed by atoms with Crippen molar-refractivity contribution in [3.8, 4) is 5.75 Å². The molecule has 0 bridgehead atoms. The van der Waals surface area contributed by atoms with Crippen LogP contribution in [0.3, 0.4) is 0 Å². The van der Waals surface area contributed by atoms with E-state index in [4.69, 9.17) is 32.7 Å². The number of fused-ring (bicyclic) bond motifs is 1. The number of carbonyl (C=O) groups excluding carboxylic acids is 2. The van der Waals surface area contributed by atoms with Gasteiger partial charge in [0, 0.05) is 44.7 Å². The van der Waals surface area contributed by atoms with E-state index in [0.717, 1.165) is 81.1 Å². The Kier molecular flexibility index (Phi) is 14.9. The predicted molar refractivity (Wildman–Crippen MR) is 185 cm³/mol. The molecule has 0 spiro atoms. The Labute approximate surface area is 279 Å². The van der Waals surface area contributed by atoms with Crippen LogP contribution in [0.15, 0.2) is 48.6 Å². The molecule has 1 fully saturated rings. The van der Waals surface area contributed by atoms with Crippen LogP contribution >= 0.6 is 23.2 Å². The normalized spacial score (nSPS) is 15.5. The zero-order valence-electron chi connectivity index (χ0n) is 26.8. The minimum atomic E-state index is -0.417. The van der Waals surface area contributed by atoms with Gasteiger partial charge >= 0.3 is 5.97 Å². The number of aryl methyl sites for hydroxylation is 1. The van der Waals surface area contributed by atoms with E-state index in [1.54, 1.807) is 4.90 Å². The van der Waals surface area contributed by atoms with E-state index in [9.17, 15) is 9.59 Å². The van der Waals surface area contributed by atoms with Crippen molar-refractivity contribution in [3.63, 3.8) is 0 Å². The number of carbonyl (C=O) groups is 2. The van der Waals surface area contributed by atoms with Gasteiger partial charge in [-0.05, 0) is 62.4 Å². The van der Waals surface area contributed by atoms with E-state index in [2.05, 4.69) is 16.7 Å². The van der Waals surface area contributed by atoms with Gasteiger partial charge < -0.3 is 14.4 Å². The summed E-state index contributed by atoms with van der Waals surface area (Å²) in [6, 6.07) is 11.7. The smallest absolute Gasteiger partial charge is 0.332 e. The van der Waals surface area contributed by atoms with Gasteiger partial charge in [0.25, 0.3) is 0 Å². The fraction of sp³-hybridized carbons (Fsp3) is 0.556. The topological polar surface area (TPSA) is 62.3 Å². The number of nitrogens with zero attached hydrogens (tertiary/aromatic N) is 3. The van der Waals surface area contributed by atoms with Crippen molar-refractivity contribution in [1.29, 1.82) is 0 Å². The molecule has 2 aliphatic rings. The van der Waals surface area contributed by atoms with E-state index in [-0.39, 0.29) is 12.6 Å². The van der Waals surface area contributed by atoms with Crippen LogP contribution < -0.4 is 14.5 Å². The third kappa shape index (κ3) is 11.2. The highest BCUT2D eigenvalue weighted by Crippen LogP contribution is 2.33. The van der Waals surface area contributed by atoms with E-state index < -0.39 is 5.97 Å². The van der Waals surface area contributed by atoms with E-state index in [0.29, 0.717) is 29.5 Å². The molecule has 4 rings (SSSR count). The number of amides is 1. The molecular weight excluding hydrogens is 609 g/mol. The van der Waals surface area contributed by atoms with Crippen molar-refractivity contribution in [3.05, 3.63) is 64.2 Å². The highest BCUT2D eigenvalue weighted by atomic mass is 35.5. The molecule has 0 unspecified atom stereocenters. The standard InChI is InChI=1S/C36H49Cl2N3O4/c1-2-3-4-5-6-7-8-9-10-16-35(43)45-28-41-33-27-30(19-17-29(33)18-20-34(41)42)44-26-12-11-21-39-22-24-40(25-23-39)32-15-13-14-31(37)36(32)38/h10,13-17,19,27H,2-9,11-12,18,20-26,28H2,1H3. The Bertz CT molecular complexity index is 1260. The molecule has 2 aromatic rings. The quantitative estimate of drug-likeness (QED) is 0.0910. The monoisotopic (exact) mass is 657 g/mol. The zero-order chi connectivity index (χ0) is 31.9. The molecule has 45 heavy (non-hydrogen) atoms. The van der Waals surface area contributed by atoms with Crippen LogP contribution in [0.4, 0.5) is 11.4 Å². The lowest BCUT2D eigenvalue weighted by molar-refractivity contribution is -0.138. The van der Waals surface area contributed by atoms with Crippen molar-refractivity contribution in [2.75, 3.05) is 55.9 Å². The molecule has 1 amide bonds. The first-order chi connectivity index (χ1) is 22.0. The van der Waals surface area contributed by atoms with Crippen LogP contribution in [0, 0.1) is 0 Å². The highest BCUT2D eigenvalue weighted by molar-refractivity contribution is 6.43. The van der Waals surface area contributed by atoms with Crippen LogP contribution in [-0.2, 0) is 20.7 Å². The van der Waals surface area contributed by atoms with Crippen molar-refractivity contribution >= 4 is 46.5 Å². The number of esters is 1. The van der Waals surface area contributed by atoms with Crippen LogP contribution in [-0.4, -0.2) is 62.8 Å². The molecular formula is C36H49Cl2N3O4. The summed E-state index contributed by atoms with van der Waals surface area (Å²) in [4.78, 5) is 31.4. The Hall–Kier alpha value is -2.74. The number of halogens is 2. The second-order valence-electron chi connectivity index (χ2n) is 12.0. The highest BCUT2D eigenvalue weighted by Gasteiger charge is 2.26. The Morgan fingerprint density at radius 3 is 2.47 bits per heavy atom. The lowest BCUT2D eigenvalue weighted by atomic mass is 10.0. The SMILES string of the molecule is CCCCCCCCCC=CC(=O)OCN1C(=O)CCc2ccc(OCCCCN3CCN(c4cccc(Cl)c4Cl)CC3)cc21. The minimum absolute atomic E-state index is 0.0442. The molecule has 0 radical (unpaired) electrons. The van der Waals surface area contributed by atoms with E-state index in [1.807, 2.05) is 42.5 Å². The molecule has 7 nitrogen and oxygen atoms in total. The molecule has 1 saturated heterocycles. The zero-order valence-corrected chi connectivity index (χ0v) is 28.3. The predicted octanol–water partition coefficient (Wildman–Crippen LogP) is 8.45. The summed E-state index contributed by atoms with van der Waals surface area (Å²) >= 11 is 12.6. The summed E-state index contributed by atoms with van der Waals surface area (Å²) in [5.41, 5.74) is 2.83. The molecule has 0 aromatic heterocycles. The number of hydrogen-bond donors (Lipinski definition) is 0. The van der Waals surface area contributed by atoms with Crippen LogP contribution in [0.5, 0.6) is 5.75 Å². The fourth-order valence-electron chi connectivity index (χ4n) is 5.90. The summed E-state index contributed by atoms with van der Waals surface area (Å²) in [6.07, 6.45) is 16.0. The summed E-state index contributed by atoms with van der Waals surface area (Å²) in [7, 11) is 0. The number of anilines is 2. The number of hydrogen-bond acceptors (Lipinski definition) is 6. The van der Waals surface area contributed by atoms with E-state index in [1.165, 1.54) is 44.6 Å². The molecule has 0 atom stereocenters. The van der Waals surface area contributed by atoms with Gasteiger partial charge in [-0.25, -0.2) is 4.79 Å². The largest absolute Gasteiger partial charge is 0.494 e. The summed E-state index contributed by atoms with van der Waals surface area (Å²) in [5.74, 6) is 0.263. The van der Waals surface area contributed by atoms with Crippen molar-refractivity contribution in [2.24, 2.45) is 0 Å². The molecule has 0 aliphatic carbocycles. The Balaban J connectivity index is 1.14. The maximum absolute atomic E-state index is 12.7. The van der Waals surface area contributed by atoms with Crippen molar-refractivity contribution in [2.45, 2.75) is 84.0 Å². The van der Waals surface area contributed by atoms with Crippen LogP contribution in [0.1, 0.15) is 83.1 Å². The number of ether oxygens (including phenoxy) is 2. The van der Waals surface area contributed by atoms with Gasteiger partial charge in [-0.2, -0.15) is 0 Å². The number of benzene rings is 2. The van der Waals surface area contributed by atoms with Gasteiger partial charge in [-0.1, -0.05) is 86.9 Å². The van der Waals surface area contributed by atoms with Crippen LogP contribution in [0.2, 0.25) is 10.0 Å². The first-order valence-electron chi connectivity index (χ1n) is 16.8. The number of rotatable bonds is 18. The van der Waals surface area contributed by atoms with Gasteiger partial charge in [0.05, 0.1) is 28.0 Å². The lowest BCUT2D eigenvalue weighted by Crippen LogP contribution is -2.46. The first kappa shape index (κ1) is 35.1. The number of unbranched alkanes of at least 4 members (excludes halogenated alkanes) is 8. The van der Waals surface area contributed by atoms with Gasteiger partial charge in [0.1, 0.15) is 5.75 Å².